The lowest BCUT2D eigenvalue weighted by atomic mass is 10.1. The van der Waals surface area contributed by atoms with Crippen LogP contribution < -0.4 is 14.4 Å². The number of hydrogen-bond donors (Lipinski definition) is 0. The Hall–Kier alpha value is -3.51. The van der Waals surface area contributed by atoms with Gasteiger partial charge in [0.1, 0.15) is 17.3 Å². The highest BCUT2D eigenvalue weighted by molar-refractivity contribution is 6.31. The van der Waals surface area contributed by atoms with Crippen LogP contribution in [0.25, 0.3) is 11.0 Å². The molecule has 5 rings (SSSR count). The third kappa shape index (κ3) is 5.59. The van der Waals surface area contributed by atoms with Crippen molar-refractivity contribution in [2.24, 2.45) is 0 Å². The number of aryl methyl sites for hydroxylation is 2. The van der Waals surface area contributed by atoms with Crippen molar-refractivity contribution in [2.75, 3.05) is 24.7 Å². The minimum Gasteiger partial charge on any atom is -0.494 e. The van der Waals surface area contributed by atoms with Crippen LogP contribution in [0, 0.1) is 6.92 Å². The lowest BCUT2D eigenvalue weighted by Crippen LogP contribution is -2.24. The Kier molecular flexibility index (Phi) is 7.65. The summed E-state index contributed by atoms with van der Waals surface area (Å²) in [5.41, 5.74) is 3.99. The molecule has 7 heteroatoms. The fourth-order valence-corrected chi connectivity index (χ4v) is 5.05. The Balaban J connectivity index is 1.27. The van der Waals surface area contributed by atoms with E-state index >= 15 is 0 Å². The van der Waals surface area contributed by atoms with Gasteiger partial charge in [-0.25, -0.2) is 4.98 Å². The minimum absolute atomic E-state index is 0.0414. The Morgan fingerprint density at radius 1 is 1.00 bits per heavy atom. The molecule has 0 saturated carbocycles. The van der Waals surface area contributed by atoms with E-state index in [-0.39, 0.29) is 11.8 Å². The first-order chi connectivity index (χ1) is 18.0. The van der Waals surface area contributed by atoms with Crippen molar-refractivity contribution in [1.82, 2.24) is 9.55 Å². The molecule has 1 aliphatic rings. The molecule has 0 bridgehead atoms. The van der Waals surface area contributed by atoms with E-state index in [0.29, 0.717) is 26.2 Å². The molecule has 192 valence electrons. The summed E-state index contributed by atoms with van der Waals surface area (Å²) < 4.78 is 13.8. The molecule has 0 spiro atoms. The summed E-state index contributed by atoms with van der Waals surface area (Å²) in [6.45, 7) is 6.64. The summed E-state index contributed by atoms with van der Waals surface area (Å²) in [5, 5.41) is 0.748. The third-order valence-electron chi connectivity index (χ3n) is 6.81. The topological polar surface area (TPSA) is 56.6 Å². The lowest BCUT2D eigenvalue weighted by molar-refractivity contribution is -0.117. The van der Waals surface area contributed by atoms with E-state index in [9.17, 15) is 4.79 Å². The van der Waals surface area contributed by atoms with Crippen LogP contribution in [0.15, 0.2) is 66.7 Å². The van der Waals surface area contributed by atoms with E-state index in [1.807, 2.05) is 79.4 Å². The van der Waals surface area contributed by atoms with Crippen LogP contribution in [0.4, 0.5) is 5.69 Å². The lowest BCUT2D eigenvalue weighted by Gasteiger charge is -2.18. The highest BCUT2D eigenvalue weighted by Crippen LogP contribution is 2.34. The van der Waals surface area contributed by atoms with Crippen molar-refractivity contribution in [2.45, 2.75) is 45.6 Å². The summed E-state index contributed by atoms with van der Waals surface area (Å²) in [7, 11) is 0. The maximum absolute atomic E-state index is 13.0. The third-order valence-corrected chi connectivity index (χ3v) is 7.23. The number of fused-ring (bicyclic) bond motifs is 1. The maximum Gasteiger partial charge on any atom is 0.227 e. The van der Waals surface area contributed by atoms with Crippen LogP contribution in [0.2, 0.25) is 5.02 Å². The number of nitrogens with zero attached hydrogens (tertiary/aromatic N) is 3. The highest BCUT2D eigenvalue weighted by Gasteiger charge is 2.34. The number of amides is 1. The molecule has 1 amide bonds. The van der Waals surface area contributed by atoms with E-state index in [2.05, 4.69) is 10.6 Å². The number of para-hydroxylation sites is 2. The Morgan fingerprint density at radius 2 is 1.78 bits per heavy atom. The second-order valence-electron chi connectivity index (χ2n) is 9.41. The molecule has 37 heavy (non-hydrogen) atoms. The van der Waals surface area contributed by atoms with Gasteiger partial charge in [-0.3, -0.25) is 4.79 Å². The van der Waals surface area contributed by atoms with Crippen LogP contribution in [0.3, 0.4) is 0 Å². The summed E-state index contributed by atoms with van der Waals surface area (Å²) in [5.74, 6) is 2.80. The molecule has 4 aromatic rings. The van der Waals surface area contributed by atoms with E-state index in [1.54, 1.807) is 0 Å². The number of aromatic nitrogens is 2. The first-order valence-electron chi connectivity index (χ1n) is 12.9. The molecule has 0 radical (unpaired) electrons. The van der Waals surface area contributed by atoms with Crippen LogP contribution in [0.5, 0.6) is 11.5 Å². The number of carbonyl (C=O) groups excluding carboxylic acids is 1. The number of unbranched alkanes of at least 4 members (excludes halogenated alkanes) is 1. The molecule has 1 unspecified atom stereocenters. The van der Waals surface area contributed by atoms with Crippen molar-refractivity contribution < 1.29 is 14.3 Å². The van der Waals surface area contributed by atoms with E-state index < -0.39 is 0 Å². The minimum atomic E-state index is 0.0414. The zero-order chi connectivity index (χ0) is 25.8. The van der Waals surface area contributed by atoms with Gasteiger partial charge >= 0.3 is 0 Å². The van der Waals surface area contributed by atoms with Crippen molar-refractivity contribution >= 4 is 34.2 Å². The zero-order valence-corrected chi connectivity index (χ0v) is 22.1. The van der Waals surface area contributed by atoms with Gasteiger partial charge in [-0.2, -0.15) is 0 Å². The van der Waals surface area contributed by atoms with Gasteiger partial charge in [0.2, 0.25) is 5.91 Å². The summed E-state index contributed by atoms with van der Waals surface area (Å²) in [6.07, 6.45) is 2.31. The molecule has 6 nitrogen and oxygen atoms in total. The highest BCUT2D eigenvalue weighted by atomic mass is 35.5. The normalized spacial score (nSPS) is 15.5. The monoisotopic (exact) mass is 517 g/mol. The van der Waals surface area contributed by atoms with E-state index in [0.717, 1.165) is 64.0 Å². The molecular weight excluding hydrogens is 486 g/mol. The predicted molar refractivity (Wildman–Crippen MR) is 148 cm³/mol. The first-order valence-corrected chi connectivity index (χ1v) is 13.3. The number of imidazole rings is 1. The number of ether oxygens (including phenoxy) is 2. The standard InChI is InChI=1S/C30H32ClN3O3/c1-3-36-24-12-10-23(11-13-24)34-20-22(19-29(34)35)30-32-27-8-4-5-9-28(27)33(30)16-6-7-17-37-25-14-15-26(31)21(2)18-25/h4-5,8-15,18,22H,3,6-7,16-17,19-20H2,1-2H3. The second-order valence-corrected chi connectivity index (χ2v) is 9.82. The Bertz CT molecular complexity index is 1380. The maximum atomic E-state index is 13.0. The molecule has 3 aromatic carbocycles. The van der Waals surface area contributed by atoms with E-state index in [4.69, 9.17) is 26.1 Å². The number of anilines is 1. The average molecular weight is 518 g/mol. The quantitative estimate of drug-likeness (QED) is 0.218. The Labute approximate surface area is 222 Å². The van der Waals surface area contributed by atoms with Gasteiger partial charge in [0.25, 0.3) is 0 Å². The summed E-state index contributed by atoms with van der Waals surface area (Å²) in [4.78, 5) is 19.9. The number of hydrogen-bond acceptors (Lipinski definition) is 4. The van der Waals surface area contributed by atoms with Crippen molar-refractivity contribution in [3.05, 3.63) is 83.1 Å². The van der Waals surface area contributed by atoms with Crippen LogP contribution >= 0.6 is 11.6 Å². The van der Waals surface area contributed by atoms with Gasteiger partial charge in [-0.05, 0) is 86.8 Å². The molecule has 1 atom stereocenters. The van der Waals surface area contributed by atoms with E-state index in [1.165, 1.54) is 0 Å². The van der Waals surface area contributed by atoms with Gasteiger partial charge in [0.15, 0.2) is 0 Å². The van der Waals surface area contributed by atoms with Crippen molar-refractivity contribution in [3.63, 3.8) is 0 Å². The smallest absolute Gasteiger partial charge is 0.227 e. The molecule has 0 N–H and O–H groups in total. The fourth-order valence-electron chi connectivity index (χ4n) is 4.93. The molecule has 2 heterocycles. The molecular formula is C30H32ClN3O3. The molecule has 1 aliphatic heterocycles. The SMILES string of the molecule is CCOc1ccc(N2CC(c3nc4ccccc4n3CCCCOc3ccc(Cl)c(C)c3)CC2=O)cc1. The molecule has 1 fully saturated rings. The molecule has 0 aliphatic carbocycles. The predicted octanol–water partition coefficient (Wildman–Crippen LogP) is 6.78. The van der Waals surface area contributed by atoms with Gasteiger partial charge < -0.3 is 18.9 Å². The number of carbonyl (C=O) groups is 1. The molecule has 1 saturated heterocycles. The second kappa shape index (κ2) is 11.3. The summed E-state index contributed by atoms with van der Waals surface area (Å²) >= 11 is 6.12. The van der Waals surface area contributed by atoms with Gasteiger partial charge in [0, 0.05) is 36.1 Å². The largest absolute Gasteiger partial charge is 0.494 e. The number of halogens is 1. The van der Waals surface area contributed by atoms with Gasteiger partial charge in [-0.15, -0.1) is 0 Å². The fraction of sp³-hybridized carbons (Fsp3) is 0.333. The summed E-state index contributed by atoms with van der Waals surface area (Å²) in [6, 6.07) is 21.7. The van der Waals surface area contributed by atoms with Crippen LogP contribution in [-0.2, 0) is 11.3 Å². The van der Waals surface area contributed by atoms with Crippen LogP contribution in [0.1, 0.15) is 43.5 Å². The number of rotatable bonds is 10. The first kappa shape index (κ1) is 25.2. The van der Waals surface area contributed by atoms with Crippen LogP contribution in [-0.4, -0.2) is 35.2 Å². The van der Waals surface area contributed by atoms with Gasteiger partial charge in [0.05, 0.1) is 24.2 Å². The number of benzene rings is 3. The average Bonchev–Trinajstić information content (AvgIpc) is 3.47. The van der Waals surface area contributed by atoms with Gasteiger partial charge in [-0.1, -0.05) is 23.7 Å². The zero-order valence-electron chi connectivity index (χ0n) is 21.3. The van der Waals surface area contributed by atoms with Crippen molar-refractivity contribution in [3.8, 4) is 11.5 Å². The van der Waals surface area contributed by atoms with Crippen molar-refractivity contribution in [1.29, 1.82) is 0 Å². The Morgan fingerprint density at radius 3 is 2.57 bits per heavy atom. The molecule has 1 aromatic heterocycles.